The average molecular weight is 328 g/mol. The van der Waals surface area contributed by atoms with Crippen LogP contribution in [0.3, 0.4) is 0 Å². The minimum Gasteiger partial charge on any atom is -0.336 e. The highest BCUT2D eigenvalue weighted by atomic mass is 19.3. The predicted octanol–water partition coefficient (Wildman–Crippen LogP) is 0.781. The first-order valence-electron chi connectivity index (χ1n) is 7.43. The van der Waals surface area contributed by atoms with Crippen molar-refractivity contribution in [1.29, 1.82) is 0 Å². The molecule has 4 amide bonds. The Labute approximate surface area is 131 Å². The number of hydrogen-bond donors (Lipinski definition) is 2. The summed E-state index contributed by atoms with van der Waals surface area (Å²) in [5.74, 6) is -2.51. The average Bonchev–Trinajstić information content (AvgIpc) is 3.18. The highest BCUT2D eigenvalue weighted by molar-refractivity contribution is 5.88. The minimum atomic E-state index is -2.81. The molecule has 8 nitrogen and oxygen atoms in total. The van der Waals surface area contributed by atoms with Crippen LogP contribution in [0.5, 0.6) is 0 Å². The van der Waals surface area contributed by atoms with Crippen LogP contribution in [0.15, 0.2) is 12.3 Å². The van der Waals surface area contributed by atoms with Crippen molar-refractivity contribution in [2.45, 2.75) is 18.9 Å². The molecule has 0 radical (unpaired) electrons. The van der Waals surface area contributed by atoms with E-state index in [9.17, 15) is 18.4 Å². The van der Waals surface area contributed by atoms with Crippen LogP contribution in [0.4, 0.5) is 24.2 Å². The zero-order valence-electron chi connectivity index (χ0n) is 12.5. The molecule has 0 bridgehead atoms. The summed E-state index contributed by atoms with van der Waals surface area (Å²) in [7, 11) is 0. The molecular formula is C13H18F2N6O2. The third-order valence-electron chi connectivity index (χ3n) is 3.88. The quantitative estimate of drug-likeness (QED) is 0.857. The summed E-state index contributed by atoms with van der Waals surface area (Å²) >= 11 is 0. The Hall–Kier alpha value is -2.39. The van der Waals surface area contributed by atoms with Gasteiger partial charge in [0.05, 0.1) is 13.1 Å². The number of carbonyl (C=O) groups excluding carboxylic acids is 2. The predicted molar refractivity (Wildman–Crippen MR) is 77.4 cm³/mol. The summed E-state index contributed by atoms with van der Waals surface area (Å²) in [4.78, 5) is 26.0. The van der Waals surface area contributed by atoms with Gasteiger partial charge in [0.15, 0.2) is 5.82 Å². The van der Waals surface area contributed by atoms with E-state index in [0.29, 0.717) is 32.0 Å². The van der Waals surface area contributed by atoms with Crippen LogP contribution in [-0.4, -0.2) is 70.3 Å². The molecule has 2 aliphatic heterocycles. The Morgan fingerprint density at radius 3 is 2.87 bits per heavy atom. The van der Waals surface area contributed by atoms with E-state index < -0.39 is 18.5 Å². The first-order chi connectivity index (χ1) is 10.9. The third kappa shape index (κ3) is 3.69. The lowest BCUT2D eigenvalue weighted by Gasteiger charge is -2.16. The van der Waals surface area contributed by atoms with Crippen LogP contribution < -0.4 is 10.6 Å². The van der Waals surface area contributed by atoms with Gasteiger partial charge in [-0.05, 0) is 0 Å². The fourth-order valence-electron chi connectivity index (χ4n) is 2.60. The molecule has 2 fully saturated rings. The molecule has 1 aromatic rings. The van der Waals surface area contributed by atoms with Crippen molar-refractivity contribution in [3.05, 3.63) is 12.3 Å². The first kappa shape index (κ1) is 15.5. The molecule has 0 saturated carbocycles. The molecular weight excluding hydrogens is 310 g/mol. The molecule has 0 unspecified atom stereocenters. The van der Waals surface area contributed by atoms with Crippen molar-refractivity contribution in [2.75, 3.05) is 38.0 Å². The van der Waals surface area contributed by atoms with Crippen LogP contribution in [0, 0.1) is 0 Å². The van der Waals surface area contributed by atoms with Crippen molar-refractivity contribution in [1.82, 2.24) is 24.9 Å². The molecule has 0 spiro atoms. The highest BCUT2D eigenvalue weighted by Gasteiger charge is 2.40. The van der Waals surface area contributed by atoms with E-state index in [2.05, 4.69) is 15.7 Å². The van der Waals surface area contributed by atoms with Crippen LogP contribution in [0.25, 0.3) is 0 Å². The Morgan fingerprint density at radius 1 is 1.39 bits per heavy atom. The number of nitrogens with one attached hydrogen (secondary N) is 2. The van der Waals surface area contributed by atoms with Gasteiger partial charge in [-0.3, -0.25) is 10.00 Å². The van der Waals surface area contributed by atoms with Gasteiger partial charge >= 0.3 is 12.1 Å². The van der Waals surface area contributed by atoms with E-state index in [-0.39, 0.29) is 19.0 Å². The molecule has 2 N–H and O–H groups in total. The van der Waals surface area contributed by atoms with Crippen LogP contribution in [0.2, 0.25) is 0 Å². The minimum absolute atomic E-state index is 0.0314. The molecule has 2 aliphatic rings. The van der Waals surface area contributed by atoms with Gasteiger partial charge in [0.1, 0.15) is 0 Å². The second-order valence-electron chi connectivity index (χ2n) is 5.64. The fourth-order valence-corrected chi connectivity index (χ4v) is 2.60. The van der Waals surface area contributed by atoms with Crippen molar-refractivity contribution in [3.8, 4) is 0 Å². The van der Waals surface area contributed by atoms with Crippen LogP contribution in [0.1, 0.15) is 6.42 Å². The van der Waals surface area contributed by atoms with Gasteiger partial charge < -0.3 is 15.1 Å². The fraction of sp³-hybridized carbons (Fsp3) is 0.615. The van der Waals surface area contributed by atoms with Gasteiger partial charge in [-0.2, -0.15) is 5.10 Å². The highest BCUT2D eigenvalue weighted by Crippen LogP contribution is 2.27. The maximum Gasteiger partial charge on any atom is 0.323 e. The number of urea groups is 2. The Morgan fingerprint density at radius 2 is 2.22 bits per heavy atom. The van der Waals surface area contributed by atoms with Gasteiger partial charge in [0, 0.05) is 44.9 Å². The van der Waals surface area contributed by atoms with Gasteiger partial charge in [-0.25, -0.2) is 18.4 Å². The molecule has 10 heteroatoms. The molecule has 0 aliphatic carbocycles. The third-order valence-corrected chi connectivity index (χ3v) is 3.88. The zero-order chi connectivity index (χ0) is 16.4. The number of hydrogen-bond acceptors (Lipinski definition) is 3. The summed E-state index contributed by atoms with van der Waals surface area (Å²) < 4.78 is 27.8. The molecule has 3 heterocycles. The van der Waals surface area contributed by atoms with Gasteiger partial charge in [-0.15, -0.1) is 0 Å². The monoisotopic (exact) mass is 328 g/mol. The lowest BCUT2D eigenvalue weighted by Crippen LogP contribution is -2.35. The number of likely N-dealkylation sites (tertiary alicyclic amines) is 1. The van der Waals surface area contributed by atoms with E-state index in [0.717, 1.165) is 4.90 Å². The second-order valence-corrected chi connectivity index (χ2v) is 5.64. The van der Waals surface area contributed by atoms with Gasteiger partial charge in [0.2, 0.25) is 0 Å². The largest absolute Gasteiger partial charge is 0.336 e. The topological polar surface area (TPSA) is 82.5 Å². The number of halogens is 2. The number of rotatable bonds is 4. The van der Waals surface area contributed by atoms with E-state index in [4.69, 9.17) is 0 Å². The van der Waals surface area contributed by atoms with E-state index in [1.807, 2.05) is 0 Å². The Kier molecular flexibility index (Phi) is 4.05. The van der Waals surface area contributed by atoms with E-state index in [1.54, 1.807) is 21.8 Å². The Balaban J connectivity index is 1.49. The lowest BCUT2D eigenvalue weighted by molar-refractivity contribution is 0.0159. The van der Waals surface area contributed by atoms with E-state index in [1.165, 1.54) is 0 Å². The SMILES string of the molecule is O=C1NCCN1CCn1ccc(NC(=O)N2CCC(F)(F)C2)n1. The maximum atomic E-state index is 13.1. The van der Waals surface area contributed by atoms with Crippen LogP contribution >= 0.6 is 0 Å². The number of aromatic nitrogens is 2. The van der Waals surface area contributed by atoms with E-state index >= 15 is 0 Å². The van der Waals surface area contributed by atoms with Crippen molar-refractivity contribution in [2.24, 2.45) is 0 Å². The molecule has 1 aromatic heterocycles. The molecule has 126 valence electrons. The first-order valence-corrected chi connectivity index (χ1v) is 7.43. The number of anilines is 1. The normalized spacial score (nSPS) is 20.0. The number of nitrogens with zero attached hydrogens (tertiary/aromatic N) is 4. The van der Waals surface area contributed by atoms with Crippen molar-refractivity contribution >= 4 is 17.9 Å². The van der Waals surface area contributed by atoms with Crippen molar-refractivity contribution in [3.63, 3.8) is 0 Å². The lowest BCUT2D eigenvalue weighted by atomic mass is 10.3. The standard InChI is InChI=1S/C13H18F2N6O2/c14-13(15)2-5-20(9-13)12(23)17-10-1-4-21(18-10)8-7-19-6-3-16-11(19)22/h1,4H,2-3,5-9H2,(H,16,22)(H,17,18,23). The number of carbonyl (C=O) groups is 2. The molecule has 23 heavy (non-hydrogen) atoms. The zero-order valence-corrected chi connectivity index (χ0v) is 12.5. The van der Waals surface area contributed by atoms with Gasteiger partial charge in [-0.1, -0.05) is 0 Å². The van der Waals surface area contributed by atoms with Crippen LogP contribution in [-0.2, 0) is 6.54 Å². The summed E-state index contributed by atoms with van der Waals surface area (Å²) in [6, 6.07) is 0.919. The molecule has 0 aromatic carbocycles. The maximum absolute atomic E-state index is 13.1. The van der Waals surface area contributed by atoms with Gasteiger partial charge in [0.25, 0.3) is 5.92 Å². The number of amides is 4. The summed E-state index contributed by atoms with van der Waals surface area (Å²) in [6.07, 6.45) is 1.36. The second kappa shape index (κ2) is 6.01. The molecule has 3 rings (SSSR count). The number of alkyl halides is 2. The summed E-state index contributed by atoms with van der Waals surface area (Å²) in [6.45, 7) is 1.77. The summed E-state index contributed by atoms with van der Waals surface area (Å²) in [5.41, 5.74) is 0. The smallest absolute Gasteiger partial charge is 0.323 e. The Bertz CT molecular complexity index is 605. The van der Waals surface area contributed by atoms with Crippen molar-refractivity contribution < 1.29 is 18.4 Å². The molecule has 0 atom stereocenters. The molecule has 2 saturated heterocycles. The summed E-state index contributed by atoms with van der Waals surface area (Å²) in [5, 5.41) is 9.37.